The van der Waals surface area contributed by atoms with Crippen LogP contribution in [0.3, 0.4) is 0 Å². The van der Waals surface area contributed by atoms with Crippen LogP contribution in [-0.4, -0.2) is 32.3 Å². The summed E-state index contributed by atoms with van der Waals surface area (Å²) in [6, 6.07) is 6.82. The average Bonchev–Trinajstić information content (AvgIpc) is 2.38. The smallest absolute Gasteiger partial charge is 0.344 e. The van der Waals surface area contributed by atoms with E-state index in [1.165, 1.54) is 0 Å². The van der Waals surface area contributed by atoms with Gasteiger partial charge in [0.05, 0.1) is 0 Å². The molecule has 0 spiro atoms. The zero-order valence-corrected chi connectivity index (χ0v) is 11.2. The molecule has 1 aromatic rings. The lowest BCUT2D eigenvalue weighted by molar-refractivity contribution is -0.145. The summed E-state index contributed by atoms with van der Waals surface area (Å²) in [4.78, 5) is 11.3. The lowest BCUT2D eigenvalue weighted by atomic mass is 10.3. The highest BCUT2D eigenvalue weighted by molar-refractivity contribution is 6.30. The van der Waals surface area contributed by atoms with E-state index in [1.807, 2.05) is 0 Å². The first-order valence-electron chi connectivity index (χ1n) is 5.97. The Labute approximate surface area is 112 Å². The van der Waals surface area contributed by atoms with Crippen LogP contribution in [0.5, 0.6) is 5.75 Å². The number of rotatable bonds is 8. The van der Waals surface area contributed by atoms with Crippen LogP contribution in [0.4, 0.5) is 0 Å². The highest BCUT2D eigenvalue weighted by Crippen LogP contribution is 2.15. The van der Waals surface area contributed by atoms with Gasteiger partial charge in [0.25, 0.3) is 0 Å². The van der Waals surface area contributed by atoms with E-state index in [-0.39, 0.29) is 12.6 Å². The highest BCUT2D eigenvalue weighted by Gasteiger charge is 2.03. The lowest BCUT2D eigenvalue weighted by Gasteiger charge is -2.07. The largest absolute Gasteiger partial charge is 0.482 e. The highest BCUT2D eigenvalue weighted by atomic mass is 35.5. The predicted octanol–water partition coefficient (Wildman–Crippen LogP) is 2.26. The van der Waals surface area contributed by atoms with Gasteiger partial charge in [-0.1, -0.05) is 18.5 Å². The van der Waals surface area contributed by atoms with Gasteiger partial charge in [-0.25, -0.2) is 4.79 Å². The normalized spacial score (nSPS) is 10.1. The first-order chi connectivity index (χ1) is 8.72. The molecule has 1 N–H and O–H groups in total. The second-order valence-electron chi connectivity index (χ2n) is 3.71. The maximum Gasteiger partial charge on any atom is 0.344 e. The van der Waals surface area contributed by atoms with Crippen LogP contribution in [0.15, 0.2) is 24.3 Å². The fourth-order valence-corrected chi connectivity index (χ4v) is 1.38. The van der Waals surface area contributed by atoms with Crippen molar-refractivity contribution >= 4 is 17.6 Å². The van der Waals surface area contributed by atoms with E-state index in [1.54, 1.807) is 24.3 Å². The molecule has 0 bridgehead atoms. The minimum atomic E-state index is -0.372. The minimum absolute atomic E-state index is 0.0879. The third-order valence-electron chi connectivity index (χ3n) is 2.14. The quantitative estimate of drug-likeness (QED) is 0.582. The molecule has 0 unspecified atom stereocenters. The number of hydrogen-bond acceptors (Lipinski definition) is 4. The molecular formula is C13H18ClNO3. The Bertz CT molecular complexity index is 354. The Morgan fingerprint density at radius 3 is 2.67 bits per heavy atom. The number of ether oxygens (including phenoxy) is 2. The van der Waals surface area contributed by atoms with Gasteiger partial charge in [0, 0.05) is 11.6 Å². The van der Waals surface area contributed by atoms with Gasteiger partial charge in [-0.15, -0.1) is 0 Å². The number of nitrogens with one attached hydrogen (secondary N) is 1. The molecule has 0 amide bonds. The summed E-state index contributed by atoms with van der Waals surface area (Å²) < 4.78 is 10.2. The maximum absolute atomic E-state index is 11.3. The fourth-order valence-electron chi connectivity index (χ4n) is 1.25. The van der Waals surface area contributed by atoms with Gasteiger partial charge in [-0.05, 0) is 37.2 Å². The van der Waals surface area contributed by atoms with E-state index in [0.717, 1.165) is 13.0 Å². The summed E-state index contributed by atoms with van der Waals surface area (Å²) in [6.45, 7) is 3.95. The standard InChI is InChI=1S/C13H18ClNO3/c1-2-7-15-8-9-17-13(16)10-18-12-5-3-11(14)4-6-12/h3-6,15H,2,7-10H2,1H3. The van der Waals surface area contributed by atoms with E-state index in [4.69, 9.17) is 21.1 Å². The molecule has 4 nitrogen and oxygen atoms in total. The van der Waals surface area contributed by atoms with Crippen LogP contribution < -0.4 is 10.1 Å². The molecule has 1 rings (SSSR count). The van der Waals surface area contributed by atoms with Crippen molar-refractivity contribution in [2.75, 3.05) is 26.3 Å². The summed E-state index contributed by atoms with van der Waals surface area (Å²) in [5.74, 6) is 0.226. The second kappa shape index (κ2) is 8.78. The minimum Gasteiger partial charge on any atom is -0.482 e. The number of carbonyl (C=O) groups is 1. The molecule has 0 saturated heterocycles. The molecule has 0 atom stereocenters. The number of esters is 1. The van der Waals surface area contributed by atoms with Crippen LogP contribution in [0.25, 0.3) is 0 Å². The van der Waals surface area contributed by atoms with Crippen molar-refractivity contribution in [3.8, 4) is 5.75 Å². The summed E-state index contributed by atoms with van der Waals surface area (Å²) in [5.41, 5.74) is 0. The Morgan fingerprint density at radius 1 is 1.28 bits per heavy atom. The number of halogens is 1. The van der Waals surface area contributed by atoms with Crippen molar-refractivity contribution in [3.63, 3.8) is 0 Å². The van der Waals surface area contributed by atoms with Gasteiger partial charge >= 0.3 is 5.97 Å². The number of benzene rings is 1. The summed E-state index contributed by atoms with van der Waals surface area (Å²) in [5, 5.41) is 3.77. The van der Waals surface area contributed by atoms with Crippen LogP contribution in [0.2, 0.25) is 5.02 Å². The zero-order valence-electron chi connectivity index (χ0n) is 10.4. The first kappa shape index (κ1) is 14.8. The molecular weight excluding hydrogens is 254 g/mol. The molecule has 0 aliphatic heterocycles. The van der Waals surface area contributed by atoms with E-state index in [9.17, 15) is 4.79 Å². The summed E-state index contributed by atoms with van der Waals surface area (Å²) in [6.07, 6.45) is 1.06. The average molecular weight is 272 g/mol. The molecule has 0 heterocycles. The second-order valence-corrected chi connectivity index (χ2v) is 4.15. The van der Waals surface area contributed by atoms with Gasteiger partial charge < -0.3 is 14.8 Å². The monoisotopic (exact) mass is 271 g/mol. The molecule has 0 radical (unpaired) electrons. The van der Waals surface area contributed by atoms with Gasteiger partial charge in [-0.3, -0.25) is 0 Å². The third kappa shape index (κ3) is 6.47. The molecule has 0 aliphatic rings. The Balaban J connectivity index is 2.11. The molecule has 0 aromatic heterocycles. The topological polar surface area (TPSA) is 47.6 Å². The molecule has 100 valence electrons. The van der Waals surface area contributed by atoms with Crippen molar-refractivity contribution in [3.05, 3.63) is 29.3 Å². The Hall–Kier alpha value is -1.26. The van der Waals surface area contributed by atoms with Crippen LogP contribution in [0, 0.1) is 0 Å². The third-order valence-corrected chi connectivity index (χ3v) is 2.39. The van der Waals surface area contributed by atoms with Crippen molar-refractivity contribution < 1.29 is 14.3 Å². The zero-order chi connectivity index (χ0) is 13.2. The maximum atomic E-state index is 11.3. The molecule has 1 aromatic carbocycles. The molecule has 0 saturated carbocycles. The van der Waals surface area contributed by atoms with Crippen LogP contribution >= 0.6 is 11.6 Å². The SMILES string of the molecule is CCCNCCOC(=O)COc1ccc(Cl)cc1. The molecule has 18 heavy (non-hydrogen) atoms. The lowest BCUT2D eigenvalue weighted by Crippen LogP contribution is -2.24. The van der Waals surface area contributed by atoms with Gasteiger partial charge in [0.2, 0.25) is 0 Å². The number of hydrogen-bond donors (Lipinski definition) is 1. The number of carbonyl (C=O) groups excluding carboxylic acids is 1. The summed E-state index contributed by atoms with van der Waals surface area (Å²) in [7, 11) is 0. The fraction of sp³-hybridized carbons (Fsp3) is 0.462. The van der Waals surface area contributed by atoms with Crippen molar-refractivity contribution in [1.82, 2.24) is 5.32 Å². The Kier molecular flexibility index (Phi) is 7.22. The van der Waals surface area contributed by atoms with Crippen LogP contribution in [-0.2, 0) is 9.53 Å². The van der Waals surface area contributed by atoms with E-state index in [2.05, 4.69) is 12.2 Å². The van der Waals surface area contributed by atoms with Gasteiger partial charge in [0.15, 0.2) is 6.61 Å². The predicted molar refractivity (Wildman–Crippen MR) is 71.1 cm³/mol. The summed E-state index contributed by atoms with van der Waals surface area (Å²) >= 11 is 5.73. The van der Waals surface area contributed by atoms with Crippen molar-refractivity contribution in [1.29, 1.82) is 0 Å². The molecule has 0 aliphatic carbocycles. The first-order valence-corrected chi connectivity index (χ1v) is 6.35. The molecule has 0 fully saturated rings. The van der Waals surface area contributed by atoms with Gasteiger partial charge in [-0.2, -0.15) is 0 Å². The van der Waals surface area contributed by atoms with Gasteiger partial charge in [0.1, 0.15) is 12.4 Å². The van der Waals surface area contributed by atoms with E-state index in [0.29, 0.717) is 23.9 Å². The van der Waals surface area contributed by atoms with Crippen molar-refractivity contribution in [2.24, 2.45) is 0 Å². The van der Waals surface area contributed by atoms with E-state index >= 15 is 0 Å². The molecule has 5 heteroatoms. The van der Waals surface area contributed by atoms with E-state index < -0.39 is 0 Å². The van der Waals surface area contributed by atoms with Crippen molar-refractivity contribution in [2.45, 2.75) is 13.3 Å². The Morgan fingerprint density at radius 2 is 2.00 bits per heavy atom. The van der Waals surface area contributed by atoms with Crippen LogP contribution in [0.1, 0.15) is 13.3 Å².